The first-order valence-electron chi connectivity index (χ1n) is 5.45. The van der Waals surface area contributed by atoms with E-state index in [4.69, 9.17) is 0 Å². The molecule has 1 saturated heterocycles. The van der Waals surface area contributed by atoms with Crippen molar-refractivity contribution in [2.24, 2.45) is 0 Å². The molecule has 0 aromatic heterocycles. The second kappa shape index (κ2) is 5.98. The van der Waals surface area contributed by atoms with Gasteiger partial charge in [0.25, 0.3) is 0 Å². The van der Waals surface area contributed by atoms with Crippen LogP contribution < -0.4 is 10.6 Å². The van der Waals surface area contributed by atoms with Crippen molar-refractivity contribution in [3.63, 3.8) is 0 Å². The lowest BCUT2D eigenvalue weighted by molar-refractivity contribution is -0.122. The second-order valence-electron chi connectivity index (χ2n) is 3.87. The smallest absolute Gasteiger partial charge is 0.234 e. The molecule has 0 bridgehead atoms. The normalized spacial score (nSPS) is 23.4. The standard InChI is InChI=1S/C10H21N3O/c1-3-4-12-10(14)8-13-6-5-11-7-9(13)2/h9,11H,3-8H2,1-2H3,(H,12,14)/t9-/m0/s1. The molecular weight excluding hydrogens is 178 g/mol. The maximum Gasteiger partial charge on any atom is 0.234 e. The predicted octanol–water partition coefficient (Wildman–Crippen LogP) is -0.194. The summed E-state index contributed by atoms with van der Waals surface area (Å²) in [4.78, 5) is 13.7. The third kappa shape index (κ3) is 3.64. The van der Waals surface area contributed by atoms with E-state index in [1.54, 1.807) is 0 Å². The molecule has 1 fully saturated rings. The molecule has 1 aliphatic rings. The summed E-state index contributed by atoms with van der Waals surface area (Å²) in [6.45, 7) is 8.50. The zero-order valence-electron chi connectivity index (χ0n) is 9.18. The van der Waals surface area contributed by atoms with Gasteiger partial charge >= 0.3 is 0 Å². The number of hydrogen-bond donors (Lipinski definition) is 2. The molecule has 14 heavy (non-hydrogen) atoms. The van der Waals surface area contributed by atoms with Crippen LogP contribution in [-0.4, -0.2) is 49.6 Å². The van der Waals surface area contributed by atoms with Crippen LogP contribution in [0.3, 0.4) is 0 Å². The fraction of sp³-hybridized carbons (Fsp3) is 0.900. The molecule has 0 spiro atoms. The Morgan fingerprint density at radius 2 is 2.43 bits per heavy atom. The molecule has 1 amide bonds. The highest BCUT2D eigenvalue weighted by Gasteiger charge is 2.19. The molecule has 0 aliphatic carbocycles. The van der Waals surface area contributed by atoms with Gasteiger partial charge in [0, 0.05) is 32.2 Å². The molecule has 0 unspecified atom stereocenters. The van der Waals surface area contributed by atoms with E-state index in [1.807, 2.05) is 0 Å². The molecule has 1 atom stereocenters. The van der Waals surface area contributed by atoms with Crippen LogP contribution >= 0.6 is 0 Å². The van der Waals surface area contributed by atoms with Gasteiger partial charge in [0.05, 0.1) is 6.54 Å². The van der Waals surface area contributed by atoms with Crippen molar-refractivity contribution in [1.29, 1.82) is 0 Å². The van der Waals surface area contributed by atoms with Gasteiger partial charge in [-0.25, -0.2) is 0 Å². The van der Waals surface area contributed by atoms with E-state index in [2.05, 4.69) is 29.4 Å². The quantitative estimate of drug-likeness (QED) is 0.659. The molecule has 0 aromatic rings. The fourth-order valence-corrected chi connectivity index (χ4v) is 1.62. The lowest BCUT2D eigenvalue weighted by atomic mass is 10.2. The summed E-state index contributed by atoms with van der Waals surface area (Å²) in [6, 6.07) is 0.469. The minimum atomic E-state index is 0.153. The first-order valence-corrected chi connectivity index (χ1v) is 5.45. The van der Waals surface area contributed by atoms with Crippen LogP contribution in [0.25, 0.3) is 0 Å². The van der Waals surface area contributed by atoms with Crippen molar-refractivity contribution in [2.45, 2.75) is 26.3 Å². The van der Waals surface area contributed by atoms with E-state index in [0.29, 0.717) is 12.6 Å². The number of rotatable bonds is 4. The van der Waals surface area contributed by atoms with E-state index in [9.17, 15) is 4.79 Å². The van der Waals surface area contributed by atoms with Crippen LogP contribution in [0.2, 0.25) is 0 Å². The Morgan fingerprint density at radius 3 is 3.07 bits per heavy atom. The van der Waals surface area contributed by atoms with Gasteiger partial charge in [0.2, 0.25) is 5.91 Å². The number of nitrogens with zero attached hydrogens (tertiary/aromatic N) is 1. The van der Waals surface area contributed by atoms with Gasteiger partial charge < -0.3 is 10.6 Å². The van der Waals surface area contributed by atoms with Crippen molar-refractivity contribution in [3.8, 4) is 0 Å². The fourth-order valence-electron chi connectivity index (χ4n) is 1.62. The SMILES string of the molecule is CCCNC(=O)CN1CCNC[C@@H]1C. The highest BCUT2D eigenvalue weighted by Crippen LogP contribution is 2.00. The molecule has 4 nitrogen and oxygen atoms in total. The molecule has 1 heterocycles. The highest BCUT2D eigenvalue weighted by molar-refractivity contribution is 5.78. The van der Waals surface area contributed by atoms with Crippen LogP contribution in [0, 0.1) is 0 Å². The summed E-state index contributed by atoms with van der Waals surface area (Å²) in [5, 5.41) is 6.21. The van der Waals surface area contributed by atoms with Crippen molar-refractivity contribution < 1.29 is 4.79 Å². The Morgan fingerprint density at radius 1 is 1.64 bits per heavy atom. The summed E-state index contributed by atoms with van der Waals surface area (Å²) >= 11 is 0. The van der Waals surface area contributed by atoms with Gasteiger partial charge in [-0.2, -0.15) is 0 Å². The predicted molar refractivity (Wildman–Crippen MR) is 57.2 cm³/mol. The Bertz CT molecular complexity index is 184. The van der Waals surface area contributed by atoms with E-state index in [-0.39, 0.29) is 5.91 Å². The van der Waals surface area contributed by atoms with Crippen LogP contribution in [0.15, 0.2) is 0 Å². The third-order valence-electron chi connectivity index (χ3n) is 2.56. The molecule has 1 rings (SSSR count). The maximum absolute atomic E-state index is 11.4. The van der Waals surface area contributed by atoms with Gasteiger partial charge in [-0.05, 0) is 13.3 Å². The maximum atomic E-state index is 11.4. The van der Waals surface area contributed by atoms with Gasteiger partial charge in [-0.1, -0.05) is 6.92 Å². The van der Waals surface area contributed by atoms with E-state index >= 15 is 0 Å². The Labute approximate surface area is 86.0 Å². The molecule has 82 valence electrons. The third-order valence-corrected chi connectivity index (χ3v) is 2.56. The van der Waals surface area contributed by atoms with Crippen molar-refractivity contribution in [3.05, 3.63) is 0 Å². The number of hydrogen-bond acceptors (Lipinski definition) is 3. The largest absolute Gasteiger partial charge is 0.355 e. The van der Waals surface area contributed by atoms with Crippen LogP contribution in [0.4, 0.5) is 0 Å². The topological polar surface area (TPSA) is 44.4 Å². The van der Waals surface area contributed by atoms with Gasteiger partial charge in [-0.3, -0.25) is 9.69 Å². The Balaban J connectivity index is 2.23. The molecule has 1 aliphatic heterocycles. The molecule has 4 heteroatoms. The minimum absolute atomic E-state index is 0.153. The summed E-state index contributed by atoms with van der Waals surface area (Å²) in [5.41, 5.74) is 0. The van der Waals surface area contributed by atoms with Crippen molar-refractivity contribution >= 4 is 5.91 Å². The van der Waals surface area contributed by atoms with E-state index in [0.717, 1.165) is 32.6 Å². The van der Waals surface area contributed by atoms with Crippen LogP contribution in [-0.2, 0) is 4.79 Å². The average molecular weight is 199 g/mol. The zero-order chi connectivity index (χ0) is 10.4. The lowest BCUT2D eigenvalue weighted by Crippen LogP contribution is -2.52. The Hall–Kier alpha value is -0.610. The number of carbonyl (C=O) groups is 1. The van der Waals surface area contributed by atoms with Gasteiger partial charge in [0.1, 0.15) is 0 Å². The summed E-state index contributed by atoms with van der Waals surface area (Å²) in [5.74, 6) is 0.153. The monoisotopic (exact) mass is 199 g/mol. The molecule has 2 N–H and O–H groups in total. The first-order chi connectivity index (χ1) is 6.74. The second-order valence-corrected chi connectivity index (χ2v) is 3.87. The van der Waals surface area contributed by atoms with Crippen LogP contribution in [0.1, 0.15) is 20.3 Å². The molecule has 0 radical (unpaired) electrons. The number of piperazine rings is 1. The Kier molecular flexibility index (Phi) is 4.90. The number of amides is 1. The van der Waals surface area contributed by atoms with Crippen molar-refractivity contribution in [2.75, 3.05) is 32.7 Å². The summed E-state index contributed by atoms with van der Waals surface area (Å²) < 4.78 is 0. The summed E-state index contributed by atoms with van der Waals surface area (Å²) in [7, 11) is 0. The van der Waals surface area contributed by atoms with Gasteiger partial charge in [0.15, 0.2) is 0 Å². The summed E-state index contributed by atoms with van der Waals surface area (Å²) in [6.07, 6.45) is 1.00. The average Bonchev–Trinajstić information content (AvgIpc) is 2.18. The highest BCUT2D eigenvalue weighted by atomic mass is 16.2. The molecule has 0 saturated carbocycles. The van der Waals surface area contributed by atoms with Crippen molar-refractivity contribution in [1.82, 2.24) is 15.5 Å². The van der Waals surface area contributed by atoms with Gasteiger partial charge in [-0.15, -0.1) is 0 Å². The number of carbonyl (C=O) groups excluding carboxylic acids is 1. The molecular formula is C10H21N3O. The molecule has 0 aromatic carbocycles. The van der Waals surface area contributed by atoms with E-state index < -0.39 is 0 Å². The van der Waals surface area contributed by atoms with E-state index in [1.165, 1.54) is 0 Å². The first kappa shape index (κ1) is 11.5. The number of nitrogens with one attached hydrogen (secondary N) is 2. The zero-order valence-corrected chi connectivity index (χ0v) is 9.18. The minimum Gasteiger partial charge on any atom is -0.355 e. The van der Waals surface area contributed by atoms with Crippen LogP contribution in [0.5, 0.6) is 0 Å². The lowest BCUT2D eigenvalue weighted by Gasteiger charge is -2.33.